The largest absolute Gasteiger partial charge is 0.336 e. The normalized spacial score (nSPS) is 14.5. The molecule has 2 rings (SSSR count). The van der Waals surface area contributed by atoms with Crippen molar-refractivity contribution in [1.82, 2.24) is 15.2 Å². The van der Waals surface area contributed by atoms with Gasteiger partial charge in [-0.3, -0.25) is 10.3 Å². The van der Waals surface area contributed by atoms with Crippen LogP contribution in [0.4, 0.5) is 4.39 Å². The van der Waals surface area contributed by atoms with Crippen molar-refractivity contribution in [2.45, 2.75) is 6.54 Å². The van der Waals surface area contributed by atoms with Crippen LogP contribution < -0.4 is 5.32 Å². The molecule has 1 aromatic heterocycles. The molecule has 82 valence electrons. The van der Waals surface area contributed by atoms with E-state index in [4.69, 9.17) is 5.26 Å². The summed E-state index contributed by atoms with van der Waals surface area (Å²) in [4.78, 5) is 9.62. The molecule has 0 aromatic carbocycles. The van der Waals surface area contributed by atoms with Gasteiger partial charge in [-0.05, 0) is 11.6 Å². The molecule has 0 fully saturated rings. The molecule has 0 unspecified atom stereocenters. The van der Waals surface area contributed by atoms with Gasteiger partial charge in [0.15, 0.2) is 6.19 Å². The monoisotopic (exact) mass is 219 g/mol. The van der Waals surface area contributed by atoms with E-state index in [1.807, 2.05) is 11.1 Å². The Morgan fingerprint density at radius 1 is 1.56 bits per heavy atom. The maximum absolute atomic E-state index is 12.6. The Balaban J connectivity index is 2.02. The van der Waals surface area contributed by atoms with Gasteiger partial charge >= 0.3 is 0 Å². The molecule has 0 aliphatic carbocycles. The average Bonchev–Trinajstić information content (AvgIpc) is 2.70. The molecule has 5 nitrogen and oxygen atoms in total. The van der Waals surface area contributed by atoms with Crippen LogP contribution in [0.5, 0.6) is 0 Å². The second-order valence-electron chi connectivity index (χ2n) is 3.35. The number of nitriles is 1. The average molecular weight is 219 g/mol. The SMILES string of the molecule is N#CNC1=NCCN1Cc1ccc(F)nc1. The van der Waals surface area contributed by atoms with E-state index in [9.17, 15) is 4.39 Å². The predicted octanol–water partition coefficient (Wildman–Crippen LogP) is 0.463. The molecule has 0 bridgehead atoms. The molecular formula is C10H10FN5. The summed E-state index contributed by atoms with van der Waals surface area (Å²) >= 11 is 0. The van der Waals surface area contributed by atoms with Gasteiger partial charge in [-0.15, -0.1) is 0 Å². The van der Waals surface area contributed by atoms with Crippen molar-refractivity contribution in [1.29, 1.82) is 5.26 Å². The van der Waals surface area contributed by atoms with Crippen LogP contribution in [0.2, 0.25) is 0 Å². The molecule has 1 N–H and O–H groups in total. The maximum Gasteiger partial charge on any atom is 0.212 e. The van der Waals surface area contributed by atoms with Gasteiger partial charge in [0.1, 0.15) is 0 Å². The van der Waals surface area contributed by atoms with Crippen molar-refractivity contribution in [2.24, 2.45) is 4.99 Å². The number of aliphatic imine (C=N–C) groups is 1. The van der Waals surface area contributed by atoms with Gasteiger partial charge in [-0.25, -0.2) is 4.98 Å². The molecule has 0 radical (unpaired) electrons. The quantitative estimate of drug-likeness (QED) is 0.446. The van der Waals surface area contributed by atoms with Crippen LogP contribution in [0, 0.1) is 17.4 Å². The number of hydrogen-bond acceptors (Lipinski definition) is 5. The minimum Gasteiger partial charge on any atom is -0.336 e. The van der Waals surface area contributed by atoms with Crippen LogP contribution in [-0.4, -0.2) is 28.9 Å². The highest BCUT2D eigenvalue weighted by atomic mass is 19.1. The Bertz CT molecular complexity index is 434. The molecule has 1 aliphatic heterocycles. The lowest BCUT2D eigenvalue weighted by molar-refractivity contribution is 0.441. The number of halogens is 1. The maximum atomic E-state index is 12.6. The summed E-state index contributed by atoms with van der Waals surface area (Å²) < 4.78 is 12.6. The van der Waals surface area contributed by atoms with Crippen molar-refractivity contribution in [3.63, 3.8) is 0 Å². The minimum absolute atomic E-state index is 0.491. The van der Waals surface area contributed by atoms with Crippen LogP contribution in [0.3, 0.4) is 0 Å². The Kier molecular flexibility index (Phi) is 2.96. The first-order valence-corrected chi connectivity index (χ1v) is 4.84. The second kappa shape index (κ2) is 4.57. The van der Waals surface area contributed by atoms with E-state index in [1.165, 1.54) is 12.3 Å². The summed E-state index contributed by atoms with van der Waals surface area (Å²) in [6.45, 7) is 1.99. The third-order valence-corrected chi connectivity index (χ3v) is 2.26. The number of pyridine rings is 1. The third kappa shape index (κ3) is 2.25. The molecule has 0 saturated heterocycles. The van der Waals surface area contributed by atoms with Gasteiger partial charge < -0.3 is 4.90 Å². The van der Waals surface area contributed by atoms with Crippen molar-refractivity contribution >= 4 is 5.96 Å². The molecule has 16 heavy (non-hydrogen) atoms. The van der Waals surface area contributed by atoms with Crippen LogP contribution in [0.15, 0.2) is 23.3 Å². The minimum atomic E-state index is -0.491. The highest BCUT2D eigenvalue weighted by Crippen LogP contribution is 2.07. The van der Waals surface area contributed by atoms with Crippen molar-refractivity contribution < 1.29 is 4.39 Å². The van der Waals surface area contributed by atoms with E-state index in [0.29, 0.717) is 19.0 Å². The molecule has 6 heteroatoms. The Hall–Kier alpha value is -2.16. The van der Waals surface area contributed by atoms with Crippen LogP contribution in [-0.2, 0) is 6.54 Å². The predicted molar refractivity (Wildman–Crippen MR) is 55.7 cm³/mol. The fourth-order valence-electron chi connectivity index (χ4n) is 1.53. The molecule has 1 aliphatic rings. The first kappa shape index (κ1) is 10.4. The first-order chi connectivity index (χ1) is 7.79. The van der Waals surface area contributed by atoms with Crippen molar-refractivity contribution in [3.8, 4) is 6.19 Å². The summed E-state index contributed by atoms with van der Waals surface area (Å²) in [5, 5.41) is 11.0. The number of nitrogens with one attached hydrogen (secondary N) is 1. The molecule has 2 heterocycles. The lowest BCUT2D eigenvalue weighted by atomic mass is 10.2. The van der Waals surface area contributed by atoms with E-state index in [1.54, 1.807) is 6.07 Å². The Labute approximate surface area is 92.2 Å². The van der Waals surface area contributed by atoms with Crippen molar-refractivity contribution in [2.75, 3.05) is 13.1 Å². The molecule has 0 atom stereocenters. The fourth-order valence-corrected chi connectivity index (χ4v) is 1.53. The van der Waals surface area contributed by atoms with Crippen molar-refractivity contribution in [3.05, 3.63) is 29.8 Å². The summed E-state index contributed by atoms with van der Waals surface area (Å²) in [6, 6.07) is 2.99. The van der Waals surface area contributed by atoms with Crippen LogP contribution in [0.25, 0.3) is 0 Å². The third-order valence-electron chi connectivity index (χ3n) is 2.26. The Morgan fingerprint density at radius 3 is 3.12 bits per heavy atom. The van der Waals surface area contributed by atoms with Gasteiger partial charge in [0.25, 0.3) is 0 Å². The van der Waals surface area contributed by atoms with E-state index in [-0.39, 0.29) is 0 Å². The summed E-state index contributed by atoms with van der Waals surface area (Å²) in [5.74, 6) is 0.0704. The highest BCUT2D eigenvalue weighted by Gasteiger charge is 2.16. The molecule has 1 aromatic rings. The number of nitrogens with zero attached hydrogens (tertiary/aromatic N) is 4. The zero-order valence-corrected chi connectivity index (χ0v) is 8.52. The zero-order chi connectivity index (χ0) is 11.4. The van der Waals surface area contributed by atoms with E-state index >= 15 is 0 Å². The molecule has 0 spiro atoms. The lowest BCUT2D eigenvalue weighted by Crippen LogP contribution is -2.35. The van der Waals surface area contributed by atoms with Gasteiger partial charge in [-0.1, -0.05) is 6.07 Å². The van der Waals surface area contributed by atoms with Crippen LogP contribution >= 0.6 is 0 Å². The number of rotatable bonds is 2. The molecule has 0 amide bonds. The van der Waals surface area contributed by atoms with Crippen LogP contribution in [0.1, 0.15) is 5.56 Å². The Morgan fingerprint density at radius 2 is 2.44 bits per heavy atom. The smallest absolute Gasteiger partial charge is 0.212 e. The number of aromatic nitrogens is 1. The summed E-state index contributed by atoms with van der Waals surface area (Å²) in [6.07, 6.45) is 3.32. The molecular weight excluding hydrogens is 209 g/mol. The number of hydrogen-bond donors (Lipinski definition) is 1. The first-order valence-electron chi connectivity index (χ1n) is 4.84. The van der Waals surface area contributed by atoms with E-state index in [2.05, 4.69) is 15.3 Å². The van der Waals surface area contributed by atoms with Gasteiger partial charge in [0.05, 0.1) is 6.54 Å². The van der Waals surface area contributed by atoms with Gasteiger partial charge in [0, 0.05) is 19.3 Å². The fraction of sp³-hybridized carbons (Fsp3) is 0.300. The van der Waals surface area contributed by atoms with E-state index in [0.717, 1.165) is 12.1 Å². The van der Waals surface area contributed by atoms with E-state index < -0.39 is 5.95 Å². The lowest BCUT2D eigenvalue weighted by Gasteiger charge is -2.18. The highest BCUT2D eigenvalue weighted by molar-refractivity contribution is 5.82. The number of guanidine groups is 1. The second-order valence-corrected chi connectivity index (χ2v) is 3.35. The van der Waals surface area contributed by atoms with Gasteiger partial charge in [-0.2, -0.15) is 9.65 Å². The topological polar surface area (TPSA) is 64.3 Å². The zero-order valence-electron chi connectivity index (χ0n) is 8.52. The standard InChI is InChI=1S/C10H10FN5/c11-9-2-1-8(5-14-9)6-16-4-3-13-10(16)15-7-12/h1-2,5H,3-4,6H2,(H,13,15). The summed E-state index contributed by atoms with van der Waals surface area (Å²) in [5.41, 5.74) is 0.885. The summed E-state index contributed by atoms with van der Waals surface area (Å²) in [7, 11) is 0. The molecule has 0 saturated carbocycles. The van der Waals surface area contributed by atoms with Gasteiger partial charge in [0.2, 0.25) is 11.9 Å².